The average Bonchev–Trinajstić information content (AvgIpc) is 2.54. The lowest BCUT2D eigenvalue weighted by Crippen LogP contribution is -2.10. The molecule has 28 heavy (non-hydrogen) atoms. The van der Waals surface area contributed by atoms with Gasteiger partial charge in [-0.15, -0.1) is 0 Å². The fourth-order valence-corrected chi connectivity index (χ4v) is 3.22. The summed E-state index contributed by atoms with van der Waals surface area (Å²) in [7, 11) is -4.46. The van der Waals surface area contributed by atoms with Gasteiger partial charge in [-0.3, -0.25) is 4.57 Å². The van der Waals surface area contributed by atoms with Crippen molar-refractivity contribution in [3.05, 3.63) is 45.9 Å². The fourth-order valence-electron chi connectivity index (χ4n) is 2.29. The molecule has 0 fully saturated rings. The Morgan fingerprint density at radius 2 is 1.86 bits per heavy atom. The van der Waals surface area contributed by atoms with E-state index >= 15 is 0 Å². The van der Waals surface area contributed by atoms with Crippen LogP contribution < -0.4 is 10.1 Å². The molecule has 0 aromatic heterocycles. The third-order valence-electron chi connectivity index (χ3n) is 3.70. The number of aromatic hydroxyl groups is 1. The summed E-state index contributed by atoms with van der Waals surface area (Å²) in [6.07, 6.45) is -5.64. The largest absolute Gasteiger partial charge is 0.504 e. The summed E-state index contributed by atoms with van der Waals surface area (Å²) in [6.45, 7) is 3.80. The topological polar surface area (TPSA) is 99.0 Å². The molecule has 0 saturated heterocycles. The number of anilines is 1. The van der Waals surface area contributed by atoms with Gasteiger partial charge in [-0.1, -0.05) is 19.9 Å². The van der Waals surface area contributed by atoms with Crippen molar-refractivity contribution >= 4 is 29.2 Å². The molecule has 0 atom stereocenters. The van der Waals surface area contributed by atoms with Gasteiger partial charge in [0, 0.05) is 5.69 Å². The van der Waals surface area contributed by atoms with Gasteiger partial charge in [-0.05, 0) is 51.7 Å². The van der Waals surface area contributed by atoms with E-state index in [1.165, 1.54) is 18.2 Å². The smallest absolute Gasteiger partial charge is 0.420 e. The van der Waals surface area contributed by atoms with E-state index in [4.69, 9.17) is 14.5 Å². The first-order chi connectivity index (χ1) is 12.8. The third-order valence-corrected chi connectivity index (χ3v) is 4.86. The summed E-state index contributed by atoms with van der Waals surface area (Å²) in [6, 6.07) is 6.29. The van der Waals surface area contributed by atoms with Gasteiger partial charge in [-0.2, -0.15) is 13.2 Å². The highest BCUT2D eigenvalue weighted by molar-refractivity contribution is 9.10. The molecule has 0 spiro atoms. The van der Waals surface area contributed by atoms with E-state index in [1.807, 2.05) is 13.8 Å². The van der Waals surface area contributed by atoms with Crippen molar-refractivity contribution < 1.29 is 37.4 Å². The van der Waals surface area contributed by atoms with E-state index < -0.39 is 31.4 Å². The van der Waals surface area contributed by atoms with Crippen LogP contribution in [0.2, 0.25) is 0 Å². The Morgan fingerprint density at radius 3 is 2.36 bits per heavy atom. The molecule has 0 aliphatic carbocycles. The third kappa shape index (κ3) is 5.88. The molecule has 6 nitrogen and oxygen atoms in total. The van der Waals surface area contributed by atoms with Gasteiger partial charge < -0.3 is 24.9 Å². The van der Waals surface area contributed by atoms with E-state index in [2.05, 4.69) is 21.2 Å². The Kier molecular flexibility index (Phi) is 6.70. The van der Waals surface area contributed by atoms with Crippen LogP contribution in [0.3, 0.4) is 0 Å². The minimum Gasteiger partial charge on any atom is -0.504 e. The summed E-state index contributed by atoms with van der Waals surface area (Å²) < 4.78 is 56.7. The number of rotatable bonds is 6. The Labute approximate surface area is 167 Å². The molecule has 0 radical (unpaired) electrons. The van der Waals surface area contributed by atoms with E-state index in [0.717, 1.165) is 5.56 Å². The van der Waals surface area contributed by atoms with Crippen molar-refractivity contribution in [1.29, 1.82) is 0 Å². The summed E-state index contributed by atoms with van der Waals surface area (Å²) in [4.78, 5) is 17.8. The molecule has 0 bridgehead atoms. The maximum absolute atomic E-state index is 13.5. The van der Waals surface area contributed by atoms with Crippen LogP contribution in [0.5, 0.6) is 17.2 Å². The van der Waals surface area contributed by atoms with Gasteiger partial charge in [0.15, 0.2) is 17.2 Å². The number of benzene rings is 2. The van der Waals surface area contributed by atoms with Crippen LogP contribution in [-0.2, 0) is 10.7 Å². The van der Waals surface area contributed by atoms with Crippen LogP contribution in [0, 0.1) is 0 Å². The normalized spacial score (nSPS) is 12.3. The van der Waals surface area contributed by atoms with Gasteiger partial charge in [0.25, 0.3) is 0 Å². The zero-order chi connectivity index (χ0) is 21.3. The number of hydrogen-bond acceptors (Lipinski definition) is 4. The van der Waals surface area contributed by atoms with Gasteiger partial charge in [0.2, 0.25) is 0 Å². The number of alkyl halides is 3. The predicted octanol–water partition coefficient (Wildman–Crippen LogP) is 5.64. The molecule has 0 saturated carbocycles. The summed E-state index contributed by atoms with van der Waals surface area (Å²) in [5.74, 6) is -0.944. The second-order valence-electron chi connectivity index (χ2n) is 6.32. The lowest BCUT2D eigenvalue weighted by molar-refractivity contribution is -0.138. The van der Waals surface area contributed by atoms with E-state index in [-0.39, 0.29) is 27.6 Å². The van der Waals surface area contributed by atoms with Crippen molar-refractivity contribution in [2.45, 2.75) is 25.9 Å². The van der Waals surface area contributed by atoms with Gasteiger partial charge in [0.05, 0.1) is 4.47 Å². The highest BCUT2D eigenvalue weighted by atomic mass is 79.9. The molecule has 0 aliphatic rings. The van der Waals surface area contributed by atoms with Crippen molar-refractivity contribution in [3.8, 4) is 17.2 Å². The van der Waals surface area contributed by atoms with Gasteiger partial charge in [0.1, 0.15) is 11.8 Å². The van der Waals surface area contributed by atoms with Crippen LogP contribution in [0.15, 0.2) is 34.8 Å². The number of nitrogens with one attached hydrogen (secondary N) is 1. The highest BCUT2D eigenvalue weighted by Gasteiger charge is 2.36. The number of ether oxygens (including phenoxy) is 1. The highest BCUT2D eigenvalue weighted by Crippen LogP contribution is 2.46. The molecular weight excluding hydrogens is 466 g/mol. The quantitative estimate of drug-likeness (QED) is 0.397. The lowest BCUT2D eigenvalue weighted by atomic mass is 10.0. The minimum absolute atomic E-state index is 0.108. The molecule has 2 aromatic rings. The maximum atomic E-state index is 13.5. The van der Waals surface area contributed by atoms with Crippen molar-refractivity contribution in [2.24, 2.45) is 0 Å². The molecular formula is C17H18BrF3NO5P. The molecule has 11 heteroatoms. The second-order valence-corrected chi connectivity index (χ2v) is 8.82. The Hall–Kier alpha value is -1.74. The van der Waals surface area contributed by atoms with E-state index in [0.29, 0.717) is 6.07 Å². The molecule has 2 aromatic carbocycles. The SMILES string of the molecule is CC(C)c1ccc(Oc2c(Br)cc(NCP(=O)(O)O)cc2C(F)(F)F)c(O)c1. The summed E-state index contributed by atoms with van der Waals surface area (Å²) in [5, 5.41) is 12.4. The lowest BCUT2D eigenvalue weighted by Gasteiger charge is -2.19. The molecule has 0 heterocycles. The monoisotopic (exact) mass is 483 g/mol. The Bertz CT molecular complexity index is 914. The number of phenolic OH excluding ortho intramolecular Hbond substituents is 1. The van der Waals surface area contributed by atoms with Crippen LogP contribution in [-0.4, -0.2) is 21.2 Å². The van der Waals surface area contributed by atoms with Crippen LogP contribution >= 0.6 is 23.5 Å². The first-order valence-corrected chi connectivity index (χ1v) is 10.6. The first-order valence-electron chi connectivity index (χ1n) is 7.98. The van der Waals surface area contributed by atoms with Crippen molar-refractivity contribution in [3.63, 3.8) is 0 Å². The van der Waals surface area contributed by atoms with E-state index in [9.17, 15) is 22.8 Å². The molecule has 0 amide bonds. The molecule has 4 N–H and O–H groups in total. The molecule has 0 aliphatic heterocycles. The minimum atomic E-state index is -4.81. The number of hydrogen-bond donors (Lipinski definition) is 4. The average molecular weight is 484 g/mol. The van der Waals surface area contributed by atoms with Crippen LogP contribution in [0.25, 0.3) is 0 Å². The van der Waals surface area contributed by atoms with Crippen molar-refractivity contribution in [2.75, 3.05) is 11.6 Å². The Balaban J connectivity index is 2.45. The van der Waals surface area contributed by atoms with Crippen LogP contribution in [0.1, 0.15) is 30.9 Å². The van der Waals surface area contributed by atoms with E-state index in [1.54, 1.807) is 6.07 Å². The molecule has 0 unspecified atom stereocenters. The Morgan fingerprint density at radius 1 is 1.21 bits per heavy atom. The van der Waals surface area contributed by atoms with Gasteiger partial charge >= 0.3 is 13.8 Å². The zero-order valence-corrected chi connectivity index (χ0v) is 17.3. The summed E-state index contributed by atoms with van der Waals surface area (Å²) in [5.41, 5.74) is -0.548. The molecule has 2 rings (SSSR count). The maximum Gasteiger partial charge on any atom is 0.420 e. The standard InChI is InChI=1S/C17H18BrF3NO5P/c1-9(2)10-3-4-15(14(23)5-10)27-16-12(17(19,20)21)6-11(7-13(16)18)22-8-28(24,25)26/h3-7,9,22-23H,8H2,1-2H3,(H2,24,25,26). The first kappa shape index (κ1) is 22.5. The zero-order valence-electron chi connectivity index (χ0n) is 14.8. The van der Waals surface area contributed by atoms with Crippen molar-refractivity contribution in [1.82, 2.24) is 0 Å². The summed E-state index contributed by atoms with van der Waals surface area (Å²) >= 11 is 2.99. The fraction of sp³-hybridized carbons (Fsp3) is 0.294. The van der Waals surface area contributed by atoms with Gasteiger partial charge in [-0.25, -0.2) is 0 Å². The second kappa shape index (κ2) is 8.32. The van der Waals surface area contributed by atoms with Crippen LogP contribution in [0.4, 0.5) is 18.9 Å². The molecule has 154 valence electrons. The number of halogens is 4. The number of phenols is 1. The predicted molar refractivity (Wildman–Crippen MR) is 102 cm³/mol.